The largest absolute Gasteiger partial charge is 0.392 e. The zero-order valence-electron chi connectivity index (χ0n) is 10.2. The minimum atomic E-state index is -0.303. The number of rotatable bonds is 2. The molecule has 0 spiro atoms. The van der Waals surface area contributed by atoms with Crippen LogP contribution in [0.25, 0.3) is 0 Å². The number of hydrogen-bond donors (Lipinski definition) is 1. The second-order valence-electron chi connectivity index (χ2n) is 5.89. The molecule has 16 heavy (non-hydrogen) atoms. The molecule has 1 aliphatic carbocycles. The first-order chi connectivity index (χ1) is 7.46. The molecule has 0 radical (unpaired) electrons. The van der Waals surface area contributed by atoms with E-state index in [1.54, 1.807) is 0 Å². The van der Waals surface area contributed by atoms with Crippen molar-refractivity contribution < 1.29 is 9.63 Å². The molecule has 1 N–H and O–H groups in total. The Morgan fingerprint density at radius 2 is 2.12 bits per heavy atom. The molecular weight excluding hydrogens is 204 g/mol. The van der Waals surface area contributed by atoms with Gasteiger partial charge >= 0.3 is 0 Å². The van der Waals surface area contributed by atoms with E-state index in [1.165, 1.54) is 0 Å². The van der Waals surface area contributed by atoms with Crippen LogP contribution in [0, 0.1) is 5.41 Å². The van der Waals surface area contributed by atoms with Crippen LogP contribution < -0.4 is 0 Å². The zero-order valence-corrected chi connectivity index (χ0v) is 10.2. The number of aliphatic hydroxyl groups is 1. The molecule has 1 aromatic rings. The van der Waals surface area contributed by atoms with Crippen LogP contribution in [0.3, 0.4) is 0 Å². The fraction of sp³-hybridized carbons (Fsp3) is 0.833. The third-order valence-electron chi connectivity index (χ3n) is 2.97. The molecule has 2 rings (SSSR count). The second-order valence-corrected chi connectivity index (χ2v) is 5.89. The van der Waals surface area contributed by atoms with Gasteiger partial charge in [-0.3, -0.25) is 0 Å². The molecule has 2 unspecified atom stereocenters. The molecular formula is C12H20N2O2. The van der Waals surface area contributed by atoms with Gasteiger partial charge in [0.1, 0.15) is 0 Å². The summed E-state index contributed by atoms with van der Waals surface area (Å²) < 4.78 is 5.24. The summed E-state index contributed by atoms with van der Waals surface area (Å²) in [5, 5.41) is 13.7. The first kappa shape index (κ1) is 11.6. The smallest absolute Gasteiger partial charge is 0.232 e. The normalized spacial score (nSPS) is 26.2. The third kappa shape index (κ3) is 2.61. The molecule has 1 fully saturated rings. The number of hydrogen-bond acceptors (Lipinski definition) is 4. The van der Waals surface area contributed by atoms with Crippen molar-refractivity contribution in [1.29, 1.82) is 0 Å². The fourth-order valence-corrected chi connectivity index (χ4v) is 2.19. The van der Waals surface area contributed by atoms with E-state index in [1.807, 2.05) is 0 Å². The lowest BCUT2D eigenvalue weighted by Gasteiger charge is -2.14. The standard InChI is InChI=1S/C12H20N2O2/c1-12(2,3)7-10-13-11(16-14-10)8-5-4-6-9(8)15/h8-9,15H,4-7H2,1-3H3. The van der Waals surface area contributed by atoms with Gasteiger partial charge in [-0.25, -0.2) is 0 Å². The minimum absolute atomic E-state index is 0.0567. The lowest BCUT2D eigenvalue weighted by molar-refractivity contribution is 0.148. The summed E-state index contributed by atoms with van der Waals surface area (Å²) in [5.41, 5.74) is 0.162. The van der Waals surface area contributed by atoms with Gasteiger partial charge in [-0.1, -0.05) is 25.9 Å². The number of nitrogens with zero attached hydrogens (tertiary/aromatic N) is 2. The Kier molecular flexibility index (Phi) is 3.02. The van der Waals surface area contributed by atoms with Gasteiger partial charge in [0.25, 0.3) is 0 Å². The maximum absolute atomic E-state index is 9.76. The first-order valence-corrected chi connectivity index (χ1v) is 5.96. The van der Waals surface area contributed by atoms with Crippen LogP contribution in [0.2, 0.25) is 0 Å². The van der Waals surface area contributed by atoms with E-state index in [0.29, 0.717) is 5.89 Å². The van der Waals surface area contributed by atoms with E-state index in [4.69, 9.17) is 4.52 Å². The van der Waals surface area contributed by atoms with Crippen molar-refractivity contribution in [2.75, 3.05) is 0 Å². The Hall–Kier alpha value is -0.900. The molecule has 0 amide bonds. The summed E-state index contributed by atoms with van der Waals surface area (Å²) in [6, 6.07) is 0. The molecule has 1 heterocycles. The zero-order chi connectivity index (χ0) is 11.8. The highest BCUT2D eigenvalue weighted by atomic mass is 16.5. The monoisotopic (exact) mass is 224 g/mol. The van der Waals surface area contributed by atoms with E-state index in [0.717, 1.165) is 31.5 Å². The average molecular weight is 224 g/mol. The summed E-state index contributed by atoms with van der Waals surface area (Å²) in [5.74, 6) is 1.42. The molecule has 4 heteroatoms. The van der Waals surface area contributed by atoms with E-state index < -0.39 is 0 Å². The van der Waals surface area contributed by atoms with Gasteiger partial charge < -0.3 is 9.63 Å². The molecule has 1 saturated carbocycles. The summed E-state index contributed by atoms with van der Waals surface area (Å²) in [6.07, 6.45) is 3.35. The van der Waals surface area contributed by atoms with Crippen molar-refractivity contribution in [1.82, 2.24) is 10.1 Å². The van der Waals surface area contributed by atoms with Crippen molar-refractivity contribution in [2.24, 2.45) is 5.41 Å². The van der Waals surface area contributed by atoms with Gasteiger partial charge in [0.15, 0.2) is 5.82 Å². The Labute approximate surface area is 96.1 Å². The first-order valence-electron chi connectivity index (χ1n) is 5.96. The molecule has 4 nitrogen and oxygen atoms in total. The van der Waals surface area contributed by atoms with Crippen LogP contribution >= 0.6 is 0 Å². The van der Waals surface area contributed by atoms with Crippen molar-refractivity contribution >= 4 is 0 Å². The van der Waals surface area contributed by atoms with Crippen LogP contribution in [0.5, 0.6) is 0 Å². The third-order valence-corrected chi connectivity index (χ3v) is 2.97. The highest BCUT2D eigenvalue weighted by Gasteiger charge is 2.31. The molecule has 2 atom stereocenters. The summed E-state index contributed by atoms with van der Waals surface area (Å²) in [7, 11) is 0. The fourth-order valence-electron chi connectivity index (χ4n) is 2.19. The number of aromatic nitrogens is 2. The highest BCUT2D eigenvalue weighted by molar-refractivity contribution is 5.01. The second kappa shape index (κ2) is 4.17. The molecule has 0 aromatic carbocycles. The van der Waals surface area contributed by atoms with Gasteiger partial charge in [-0.15, -0.1) is 0 Å². The Bertz CT molecular complexity index is 354. The summed E-state index contributed by atoms with van der Waals surface area (Å²) in [4.78, 5) is 4.39. The van der Waals surface area contributed by atoms with Crippen LogP contribution in [0.15, 0.2) is 4.52 Å². The van der Waals surface area contributed by atoms with E-state index in [9.17, 15) is 5.11 Å². The lowest BCUT2D eigenvalue weighted by Crippen LogP contribution is -2.12. The topological polar surface area (TPSA) is 59.2 Å². The van der Waals surface area contributed by atoms with Gasteiger partial charge in [-0.2, -0.15) is 4.98 Å². The number of aliphatic hydroxyl groups excluding tert-OH is 1. The molecule has 1 aliphatic rings. The van der Waals surface area contributed by atoms with Crippen LogP contribution in [0.4, 0.5) is 0 Å². The van der Waals surface area contributed by atoms with E-state index in [2.05, 4.69) is 30.9 Å². The van der Waals surface area contributed by atoms with Crippen molar-refractivity contribution in [3.8, 4) is 0 Å². The average Bonchev–Trinajstić information content (AvgIpc) is 2.71. The van der Waals surface area contributed by atoms with E-state index >= 15 is 0 Å². The van der Waals surface area contributed by atoms with Gasteiger partial charge in [-0.05, 0) is 24.7 Å². The summed E-state index contributed by atoms with van der Waals surface area (Å²) >= 11 is 0. The molecule has 0 aliphatic heterocycles. The Balaban J connectivity index is 2.07. The summed E-state index contributed by atoms with van der Waals surface area (Å²) in [6.45, 7) is 6.44. The lowest BCUT2D eigenvalue weighted by atomic mass is 9.92. The SMILES string of the molecule is CC(C)(C)Cc1noc(C2CCCC2O)n1. The van der Waals surface area contributed by atoms with Crippen molar-refractivity contribution in [3.05, 3.63) is 11.7 Å². The van der Waals surface area contributed by atoms with Crippen LogP contribution in [0.1, 0.15) is 57.7 Å². The van der Waals surface area contributed by atoms with E-state index in [-0.39, 0.29) is 17.4 Å². The van der Waals surface area contributed by atoms with Crippen molar-refractivity contribution in [3.63, 3.8) is 0 Å². The quantitative estimate of drug-likeness (QED) is 0.837. The molecule has 0 saturated heterocycles. The molecule has 90 valence electrons. The maximum Gasteiger partial charge on any atom is 0.232 e. The predicted molar refractivity (Wildman–Crippen MR) is 60.1 cm³/mol. The predicted octanol–water partition coefficient (Wildman–Crippen LogP) is 2.29. The highest BCUT2D eigenvalue weighted by Crippen LogP contribution is 2.33. The minimum Gasteiger partial charge on any atom is -0.392 e. The van der Waals surface area contributed by atoms with Crippen LogP contribution in [-0.2, 0) is 6.42 Å². The maximum atomic E-state index is 9.76. The molecule has 1 aromatic heterocycles. The molecule has 0 bridgehead atoms. The van der Waals surface area contributed by atoms with Gasteiger partial charge in [0, 0.05) is 6.42 Å². The Morgan fingerprint density at radius 3 is 2.69 bits per heavy atom. The van der Waals surface area contributed by atoms with Crippen molar-refractivity contribution in [2.45, 2.75) is 58.5 Å². The van der Waals surface area contributed by atoms with Crippen LogP contribution in [-0.4, -0.2) is 21.4 Å². The van der Waals surface area contributed by atoms with Gasteiger partial charge in [0.05, 0.1) is 12.0 Å². The van der Waals surface area contributed by atoms with Gasteiger partial charge in [0.2, 0.25) is 5.89 Å². The Morgan fingerprint density at radius 1 is 1.38 bits per heavy atom.